The molecule has 0 aliphatic rings. The Morgan fingerprint density at radius 1 is 1.53 bits per heavy atom. The molecule has 1 unspecified atom stereocenters. The fraction of sp³-hybridized carbons (Fsp3) is 0.636. The number of thioether (sulfide) groups is 1. The smallest absolute Gasteiger partial charge is 0.148 e. The van der Waals surface area contributed by atoms with Crippen molar-refractivity contribution in [3.63, 3.8) is 0 Å². The Morgan fingerprint density at radius 2 is 2.24 bits per heavy atom. The minimum Gasteiger partial charge on any atom is -0.357 e. The van der Waals surface area contributed by atoms with E-state index in [1.54, 1.807) is 0 Å². The lowest BCUT2D eigenvalue weighted by Gasteiger charge is -2.27. The van der Waals surface area contributed by atoms with Gasteiger partial charge in [-0.15, -0.1) is 0 Å². The fourth-order valence-electron chi connectivity index (χ4n) is 1.63. The van der Waals surface area contributed by atoms with Crippen molar-refractivity contribution in [3.05, 3.63) is 11.9 Å². The third-order valence-electron chi connectivity index (χ3n) is 2.93. The number of nitrogens with two attached hydrogens (primary N) is 1. The van der Waals surface area contributed by atoms with Gasteiger partial charge in [0, 0.05) is 18.7 Å². The van der Waals surface area contributed by atoms with Crippen LogP contribution in [-0.2, 0) is 0 Å². The van der Waals surface area contributed by atoms with E-state index in [9.17, 15) is 0 Å². The summed E-state index contributed by atoms with van der Waals surface area (Å²) in [7, 11) is 2.06. The first-order valence-electron chi connectivity index (χ1n) is 5.61. The van der Waals surface area contributed by atoms with Crippen LogP contribution >= 0.6 is 11.8 Å². The molecule has 0 radical (unpaired) electrons. The lowest BCUT2D eigenvalue weighted by molar-refractivity contribution is 0.659. The highest BCUT2D eigenvalue weighted by molar-refractivity contribution is 7.98. The number of hydrogen-bond donors (Lipinski definition) is 2. The van der Waals surface area contributed by atoms with Gasteiger partial charge < -0.3 is 10.3 Å². The van der Waals surface area contributed by atoms with E-state index in [4.69, 9.17) is 5.84 Å². The monoisotopic (exact) mass is 255 g/mol. The van der Waals surface area contributed by atoms with Crippen molar-refractivity contribution in [3.8, 4) is 0 Å². The van der Waals surface area contributed by atoms with Gasteiger partial charge in [-0.05, 0) is 32.3 Å². The molecule has 0 bridgehead atoms. The zero-order chi connectivity index (χ0) is 12.8. The molecule has 6 heteroatoms. The lowest BCUT2D eigenvalue weighted by Crippen LogP contribution is -2.31. The van der Waals surface area contributed by atoms with Crippen LogP contribution in [0, 0.1) is 6.92 Å². The molecule has 0 aliphatic carbocycles. The number of hydrazine groups is 1. The van der Waals surface area contributed by atoms with Crippen LogP contribution in [0.4, 0.5) is 11.6 Å². The van der Waals surface area contributed by atoms with Crippen LogP contribution in [0.25, 0.3) is 0 Å². The Hall–Kier alpha value is -1.01. The van der Waals surface area contributed by atoms with E-state index in [-0.39, 0.29) is 0 Å². The quantitative estimate of drug-likeness (QED) is 0.595. The molecule has 5 nitrogen and oxygen atoms in total. The zero-order valence-electron chi connectivity index (χ0n) is 10.9. The molecule has 1 rings (SSSR count). The minimum atomic E-state index is 0.446. The van der Waals surface area contributed by atoms with Crippen molar-refractivity contribution >= 4 is 23.4 Å². The maximum Gasteiger partial charge on any atom is 0.148 e. The lowest BCUT2D eigenvalue weighted by atomic mass is 10.2. The number of aromatic nitrogens is 2. The van der Waals surface area contributed by atoms with E-state index in [1.165, 1.54) is 6.33 Å². The van der Waals surface area contributed by atoms with Gasteiger partial charge in [0.15, 0.2) is 0 Å². The Kier molecular flexibility index (Phi) is 5.50. The van der Waals surface area contributed by atoms with Gasteiger partial charge in [0.05, 0.1) is 0 Å². The molecule has 0 amide bonds. The minimum absolute atomic E-state index is 0.446. The maximum absolute atomic E-state index is 5.41. The first-order chi connectivity index (χ1) is 8.11. The highest BCUT2D eigenvalue weighted by Gasteiger charge is 2.15. The topological polar surface area (TPSA) is 67.1 Å². The highest BCUT2D eigenvalue weighted by Crippen LogP contribution is 2.23. The maximum atomic E-state index is 5.41. The molecule has 0 saturated carbocycles. The second-order valence-corrected chi connectivity index (χ2v) is 5.04. The van der Waals surface area contributed by atoms with Gasteiger partial charge in [-0.3, -0.25) is 0 Å². The summed E-state index contributed by atoms with van der Waals surface area (Å²) in [6, 6.07) is 0.446. The molecule has 1 aromatic heterocycles. The van der Waals surface area contributed by atoms with E-state index in [0.717, 1.165) is 23.6 Å². The van der Waals surface area contributed by atoms with Gasteiger partial charge in [0.1, 0.15) is 18.0 Å². The summed E-state index contributed by atoms with van der Waals surface area (Å²) in [5.74, 6) is 8.18. The molecule has 0 aromatic carbocycles. The summed E-state index contributed by atoms with van der Waals surface area (Å²) in [5.41, 5.74) is 3.57. The molecule has 1 aromatic rings. The SMILES string of the molecule is CSCCC(C)N(C)c1ncnc(NN)c1C. The summed E-state index contributed by atoms with van der Waals surface area (Å²) in [4.78, 5) is 10.6. The summed E-state index contributed by atoms with van der Waals surface area (Å²) in [6.07, 6.45) is 4.79. The van der Waals surface area contributed by atoms with Crippen LogP contribution in [0.2, 0.25) is 0 Å². The van der Waals surface area contributed by atoms with E-state index in [1.807, 2.05) is 18.7 Å². The summed E-state index contributed by atoms with van der Waals surface area (Å²) >= 11 is 1.86. The van der Waals surface area contributed by atoms with E-state index in [2.05, 4.69) is 40.5 Å². The molecule has 17 heavy (non-hydrogen) atoms. The molecule has 96 valence electrons. The second-order valence-electron chi connectivity index (χ2n) is 4.06. The first-order valence-corrected chi connectivity index (χ1v) is 7.01. The normalized spacial score (nSPS) is 12.3. The average Bonchev–Trinajstić information content (AvgIpc) is 2.35. The number of nitrogens with zero attached hydrogens (tertiary/aromatic N) is 3. The van der Waals surface area contributed by atoms with Crippen LogP contribution < -0.4 is 16.2 Å². The average molecular weight is 255 g/mol. The van der Waals surface area contributed by atoms with Gasteiger partial charge in [-0.1, -0.05) is 0 Å². The van der Waals surface area contributed by atoms with Crippen molar-refractivity contribution in [2.75, 3.05) is 29.4 Å². The van der Waals surface area contributed by atoms with Crippen LogP contribution in [0.3, 0.4) is 0 Å². The van der Waals surface area contributed by atoms with Gasteiger partial charge in [0.2, 0.25) is 0 Å². The van der Waals surface area contributed by atoms with Crippen LogP contribution in [0.1, 0.15) is 18.9 Å². The standard InChI is InChI=1S/C11H21N5S/c1-8(5-6-17-4)16(3)11-9(2)10(15-12)13-7-14-11/h7-8H,5-6,12H2,1-4H3,(H,13,14,15). The van der Waals surface area contributed by atoms with Gasteiger partial charge in [0.25, 0.3) is 0 Å². The van der Waals surface area contributed by atoms with E-state index < -0.39 is 0 Å². The Bertz CT molecular complexity index is 358. The van der Waals surface area contributed by atoms with Crippen molar-refractivity contribution in [1.29, 1.82) is 0 Å². The molecule has 1 atom stereocenters. The molecule has 3 N–H and O–H groups in total. The highest BCUT2D eigenvalue weighted by atomic mass is 32.2. The third kappa shape index (κ3) is 3.47. The van der Waals surface area contributed by atoms with Crippen LogP contribution in [-0.4, -0.2) is 35.1 Å². The molecule has 0 saturated heterocycles. The predicted octanol–water partition coefficient (Wildman–Crippen LogP) is 1.65. The fourth-order valence-corrected chi connectivity index (χ4v) is 2.21. The molecular weight excluding hydrogens is 234 g/mol. The number of nitrogen functional groups attached to an aromatic ring is 1. The van der Waals surface area contributed by atoms with Gasteiger partial charge >= 0.3 is 0 Å². The van der Waals surface area contributed by atoms with E-state index in [0.29, 0.717) is 11.9 Å². The third-order valence-corrected chi connectivity index (χ3v) is 3.57. The first kappa shape index (κ1) is 14.1. The Labute approximate surface area is 107 Å². The Balaban J connectivity index is 2.84. The summed E-state index contributed by atoms with van der Waals surface area (Å²) in [6.45, 7) is 4.18. The molecule has 1 heterocycles. The predicted molar refractivity (Wildman–Crippen MR) is 75.4 cm³/mol. The molecule has 0 aliphatic heterocycles. The molecule has 0 spiro atoms. The van der Waals surface area contributed by atoms with Gasteiger partial charge in [-0.25, -0.2) is 15.8 Å². The van der Waals surface area contributed by atoms with Crippen molar-refractivity contribution in [2.24, 2.45) is 5.84 Å². The number of rotatable bonds is 6. The molecular formula is C11H21N5S. The van der Waals surface area contributed by atoms with Crippen molar-refractivity contribution < 1.29 is 0 Å². The van der Waals surface area contributed by atoms with E-state index >= 15 is 0 Å². The summed E-state index contributed by atoms with van der Waals surface area (Å²) < 4.78 is 0. The number of anilines is 2. The zero-order valence-corrected chi connectivity index (χ0v) is 11.7. The van der Waals surface area contributed by atoms with Crippen molar-refractivity contribution in [1.82, 2.24) is 9.97 Å². The second kappa shape index (κ2) is 6.66. The van der Waals surface area contributed by atoms with Crippen LogP contribution in [0.15, 0.2) is 6.33 Å². The van der Waals surface area contributed by atoms with Gasteiger partial charge in [-0.2, -0.15) is 11.8 Å². The Morgan fingerprint density at radius 3 is 2.82 bits per heavy atom. The largest absolute Gasteiger partial charge is 0.357 e. The number of nitrogens with one attached hydrogen (secondary N) is 1. The van der Waals surface area contributed by atoms with Crippen molar-refractivity contribution in [2.45, 2.75) is 26.3 Å². The summed E-state index contributed by atoms with van der Waals surface area (Å²) in [5, 5.41) is 0. The number of hydrogen-bond acceptors (Lipinski definition) is 6. The molecule has 0 fully saturated rings. The van der Waals surface area contributed by atoms with Crippen LogP contribution in [0.5, 0.6) is 0 Å².